The van der Waals surface area contributed by atoms with E-state index in [1.165, 1.54) is 14.0 Å². The predicted octanol–water partition coefficient (Wildman–Crippen LogP) is 2.11. The summed E-state index contributed by atoms with van der Waals surface area (Å²) in [7, 11) is 1.35. The molecule has 0 bridgehead atoms. The first kappa shape index (κ1) is 60.6. The summed E-state index contributed by atoms with van der Waals surface area (Å²) in [6.07, 6.45) is -8.56. The largest absolute Gasteiger partial charge is 0.474 e. The molecule has 22 nitrogen and oxygen atoms in total. The average molecular weight is 1030 g/mol. The number of nitrogens with one attached hydrogen (secondary N) is 5. The fraction of sp³-hybridized carbons (Fsp3) is 0.840. The number of ether oxygens (including phenoxy) is 7. The summed E-state index contributed by atoms with van der Waals surface area (Å²) in [6.45, 7) is 27.1. The second-order valence-corrected chi connectivity index (χ2v) is 24.2. The van der Waals surface area contributed by atoms with E-state index in [1.54, 1.807) is 41.5 Å². The molecule has 2 saturated carbocycles. The molecule has 3 fully saturated rings. The van der Waals surface area contributed by atoms with Gasteiger partial charge in [0.2, 0.25) is 18.1 Å². The zero-order chi connectivity index (χ0) is 54.3. The first-order chi connectivity index (χ1) is 33.0. The van der Waals surface area contributed by atoms with Gasteiger partial charge in [0.05, 0.1) is 37.3 Å². The van der Waals surface area contributed by atoms with Crippen LogP contribution in [0.25, 0.3) is 0 Å². The third-order valence-corrected chi connectivity index (χ3v) is 12.3. The van der Waals surface area contributed by atoms with Crippen molar-refractivity contribution in [1.29, 1.82) is 0 Å². The van der Waals surface area contributed by atoms with Crippen LogP contribution in [-0.4, -0.2) is 178 Å². The number of carbonyl (C=O) groups excluding carboxylic acids is 4. The Hall–Kier alpha value is -4.00. The molecule has 12 atom stereocenters. The Morgan fingerprint density at radius 1 is 0.847 bits per heavy atom. The van der Waals surface area contributed by atoms with E-state index in [4.69, 9.17) is 38.9 Å². The van der Waals surface area contributed by atoms with Crippen molar-refractivity contribution >= 4 is 24.0 Å². The van der Waals surface area contributed by atoms with E-state index in [-0.39, 0.29) is 55.1 Å². The molecule has 1 saturated heterocycles. The van der Waals surface area contributed by atoms with E-state index in [2.05, 4.69) is 33.2 Å². The minimum Gasteiger partial charge on any atom is -0.474 e. The third-order valence-electron chi connectivity index (χ3n) is 12.3. The van der Waals surface area contributed by atoms with Gasteiger partial charge in [-0.25, -0.2) is 9.59 Å². The Labute approximate surface area is 426 Å². The van der Waals surface area contributed by atoms with Crippen LogP contribution in [-0.2, 0) is 42.7 Å². The van der Waals surface area contributed by atoms with Gasteiger partial charge in [0, 0.05) is 26.1 Å². The van der Waals surface area contributed by atoms with E-state index in [9.17, 15) is 39.6 Å². The fourth-order valence-electron chi connectivity index (χ4n) is 9.12. The van der Waals surface area contributed by atoms with Gasteiger partial charge in [0.1, 0.15) is 58.7 Å². The molecule has 0 unspecified atom stereocenters. The number of likely N-dealkylation sites (N-methyl/N-ethyl adjacent to an activating group) is 1. The van der Waals surface area contributed by atoms with E-state index in [0.717, 1.165) is 17.7 Å². The topological polar surface area (TPSA) is 303 Å². The third kappa shape index (κ3) is 18.7. The molecule has 4 amide bonds. The first-order valence-corrected chi connectivity index (χ1v) is 25.2. The smallest absolute Gasteiger partial charge is 0.410 e. The van der Waals surface area contributed by atoms with Crippen molar-refractivity contribution in [3.63, 3.8) is 0 Å². The zero-order valence-electron chi connectivity index (χ0n) is 45.2. The van der Waals surface area contributed by atoms with Crippen LogP contribution in [0.1, 0.15) is 129 Å². The highest BCUT2D eigenvalue weighted by Crippen LogP contribution is 2.36. The Balaban J connectivity index is 1.66. The van der Waals surface area contributed by atoms with E-state index < -0.39 is 114 Å². The van der Waals surface area contributed by atoms with Crippen LogP contribution in [0.5, 0.6) is 0 Å². The monoisotopic (exact) mass is 1030 g/mol. The van der Waals surface area contributed by atoms with Crippen molar-refractivity contribution in [3.05, 3.63) is 24.3 Å². The molecule has 2 aliphatic heterocycles. The standard InChI is InChI=1S/C50H89N7O15/c1-27(70-47(5,6)7)52-19-18-34(58)41(62)55-32-22-33(56-44(63)71-48(8,9)10)39(36(60)38(32)69-43-37(61)40(50(14,65)26-66-43)57(15)45(64)72-49(11,12)13)68-42-31(17-16-30(24-51)67-42)53-25-28-20-29(21-28)54-35(59)23-46(2,3)4/h16,28-29,31-34,36-40,42-43,52-53,58,60-61,65H,1,17-26,51H2,2-15H3,(H,54,59)(H,55,62)(H,56,63)/t28-,29-,31-,32-,33+,34+,36-,37-,38+,39-,40-,42-,43-,50+/m1/s1. The van der Waals surface area contributed by atoms with Crippen molar-refractivity contribution in [2.75, 3.05) is 33.3 Å². The molecule has 2 heterocycles. The molecule has 72 heavy (non-hydrogen) atoms. The fourth-order valence-corrected chi connectivity index (χ4v) is 9.12. The summed E-state index contributed by atoms with van der Waals surface area (Å²) in [6, 6.07) is -4.16. The van der Waals surface area contributed by atoms with Crippen LogP contribution in [0.2, 0.25) is 0 Å². The number of aliphatic hydroxyl groups is 4. The number of nitrogens with two attached hydrogens (primary N) is 1. The van der Waals surface area contributed by atoms with Gasteiger partial charge in [-0.3, -0.25) is 9.59 Å². The predicted molar refractivity (Wildman–Crippen MR) is 265 cm³/mol. The van der Waals surface area contributed by atoms with Crippen molar-refractivity contribution in [1.82, 2.24) is 31.5 Å². The van der Waals surface area contributed by atoms with Gasteiger partial charge in [0.25, 0.3) is 0 Å². The summed E-state index contributed by atoms with van der Waals surface area (Å²) in [5.74, 6) is 0.0481. The zero-order valence-corrected chi connectivity index (χ0v) is 45.2. The second-order valence-electron chi connectivity index (χ2n) is 24.2. The Morgan fingerprint density at radius 3 is 2.00 bits per heavy atom. The second kappa shape index (κ2) is 24.6. The molecule has 414 valence electrons. The lowest BCUT2D eigenvalue weighted by molar-refractivity contribution is -0.311. The molecule has 4 aliphatic rings. The number of hydrogen-bond acceptors (Lipinski definition) is 18. The maximum Gasteiger partial charge on any atom is 0.410 e. The lowest BCUT2D eigenvalue weighted by Crippen LogP contribution is -2.71. The van der Waals surface area contributed by atoms with Crippen LogP contribution in [0.3, 0.4) is 0 Å². The summed E-state index contributed by atoms with van der Waals surface area (Å²) in [5.41, 5.74) is 1.69. The molecule has 2 aliphatic carbocycles. The summed E-state index contributed by atoms with van der Waals surface area (Å²) >= 11 is 0. The van der Waals surface area contributed by atoms with Crippen LogP contribution in [0.4, 0.5) is 9.59 Å². The number of rotatable bonds is 19. The van der Waals surface area contributed by atoms with Crippen LogP contribution in [0.15, 0.2) is 24.3 Å². The van der Waals surface area contributed by atoms with Crippen LogP contribution < -0.4 is 32.3 Å². The minimum absolute atomic E-state index is 0.0132. The van der Waals surface area contributed by atoms with E-state index >= 15 is 0 Å². The highest BCUT2D eigenvalue weighted by atomic mass is 16.7. The van der Waals surface area contributed by atoms with Crippen LogP contribution >= 0.6 is 0 Å². The highest BCUT2D eigenvalue weighted by molar-refractivity contribution is 5.81. The quantitative estimate of drug-likeness (QED) is 0.0829. The van der Waals surface area contributed by atoms with Gasteiger partial charge in [-0.05, 0) is 132 Å². The van der Waals surface area contributed by atoms with Gasteiger partial charge in [-0.15, -0.1) is 0 Å². The van der Waals surface area contributed by atoms with Gasteiger partial charge in [0.15, 0.2) is 12.2 Å². The molecule has 0 aromatic heterocycles. The molecule has 11 N–H and O–H groups in total. The molecule has 22 heteroatoms. The summed E-state index contributed by atoms with van der Waals surface area (Å²) in [5, 5.41) is 62.4. The van der Waals surface area contributed by atoms with Gasteiger partial charge < -0.3 is 90.8 Å². The summed E-state index contributed by atoms with van der Waals surface area (Å²) < 4.78 is 42.3. The summed E-state index contributed by atoms with van der Waals surface area (Å²) in [4.78, 5) is 54.5. The Bertz CT molecular complexity index is 1870. The molecule has 0 radical (unpaired) electrons. The molecular formula is C50H89N7O15. The van der Waals surface area contributed by atoms with E-state index in [1.807, 2.05) is 47.6 Å². The molecular weight excluding hydrogens is 939 g/mol. The normalized spacial score (nSPS) is 31.6. The Kier molecular flexibility index (Phi) is 20.7. The van der Waals surface area contributed by atoms with Crippen molar-refractivity contribution in [2.45, 2.75) is 224 Å². The molecule has 0 aromatic carbocycles. The first-order valence-electron chi connectivity index (χ1n) is 25.2. The molecule has 0 aromatic rings. The van der Waals surface area contributed by atoms with Gasteiger partial charge >= 0.3 is 12.2 Å². The van der Waals surface area contributed by atoms with Crippen molar-refractivity contribution < 1.29 is 72.8 Å². The number of carbonyl (C=O) groups is 4. The molecule has 0 spiro atoms. The molecule has 4 rings (SSSR count). The highest BCUT2D eigenvalue weighted by Gasteiger charge is 2.55. The number of hydrogen-bond donors (Lipinski definition) is 10. The number of alkyl carbamates (subject to hydrolysis) is 1. The Morgan fingerprint density at radius 2 is 1.43 bits per heavy atom. The maximum atomic E-state index is 13.9. The number of nitrogens with zero attached hydrogens (tertiary/aromatic N) is 1. The van der Waals surface area contributed by atoms with Crippen molar-refractivity contribution in [3.8, 4) is 0 Å². The van der Waals surface area contributed by atoms with Crippen molar-refractivity contribution in [2.24, 2.45) is 17.1 Å². The number of amides is 4. The average Bonchev–Trinajstić information content (AvgIpc) is 3.19. The number of aliphatic hydroxyl groups excluding tert-OH is 3. The van der Waals surface area contributed by atoms with Gasteiger partial charge in [-0.2, -0.15) is 0 Å². The van der Waals surface area contributed by atoms with Crippen LogP contribution in [0, 0.1) is 11.3 Å². The SMILES string of the molecule is C=C(NCC[C@H](O)C(=O)N[C@@H]1C[C@H](NC(=O)OC(C)(C)C)[C@@H](O[C@H]2OC(CN)=CC[C@H]2NC[C@H]2C[C@H](NC(=O)CC(C)(C)C)C2)[C@H](O)[C@H]1O[C@H]1OC[C@](C)(O)[C@H](N(C)C(=O)OC(C)(C)C)[C@H]1O)OC(C)(C)C. The lowest BCUT2D eigenvalue weighted by atomic mass is 9.79. The lowest BCUT2D eigenvalue weighted by Gasteiger charge is -2.50. The minimum atomic E-state index is -1.83. The maximum absolute atomic E-state index is 13.9. The van der Waals surface area contributed by atoms with E-state index in [0.29, 0.717) is 25.1 Å². The van der Waals surface area contributed by atoms with Gasteiger partial charge in [-0.1, -0.05) is 20.8 Å².